The van der Waals surface area contributed by atoms with E-state index >= 15 is 0 Å². The minimum absolute atomic E-state index is 0.276. The summed E-state index contributed by atoms with van der Waals surface area (Å²) < 4.78 is 5.08. The molecule has 0 saturated heterocycles. The molecule has 1 aliphatic rings. The summed E-state index contributed by atoms with van der Waals surface area (Å²) in [5.74, 6) is 0.125. The lowest BCUT2D eigenvalue weighted by Gasteiger charge is -2.08. The van der Waals surface area contributed by atoms with Crippen molar-refractivity contribution in [2.45, 2.75) is 25.7 Å². The van der Waals surface area contributed by atoms with Crippen molar-refractivity contribution in [3.63, 3.8) is 0 Å². The van der Waals surface area contributed by atoms with Gasteiger partial charge >= 0.3 is 5.97 Å². The molecule has 5 heteroatoms. The summed E-state index contributed by atoms with van der Waals surface area (Å²) in [5, 5.41) is 1.96. The van der Waals surface area contributed by atoms with Gasteiger partial charge in [-0.2, -0.15) is 0 Å². The maximum absolute atomic E-state index is 11.9. The molecule has 0 radical (unpaired) electrons. The third-order valence-corrected chi connectivity index (χ3v) is 3.67. The zero-order valence-electron chi connectivity index (χ0n) is 10.6. The quantitative estimate of drug-likeness (QED) is 0.803. The summed E-state index contributed by atoms with van der Waals surface area (Å²) in [6, 6.07) is 3.65. The van der Waals surface area contributed by atoms with Gasteiger partial charge in [0.05, 0.1) is 34.8 Å². The largest absolute Gasteiger partial charge is 0.462 e. The summed E-state index contributed by atoms with van der Waals surface area (Å²) >= 11 is 1.54. The summed E-state index contributed by atoms with van der Waals surface area (Å²) in [4.78, 5) is 20.8. The number of hydrogen-bond donors (Lipinski definition) is 0. The normalized spacial score (nSPS) is 14.4. The first-order valence-corrected chi connectivity index (χ1v) is 7.30. The van der Waals surface area contributed by atoms with Crippen molar-refractivity contribution >= 4 is 17.3 Å². The molecule has 4 nitrogen and oxygen atoms in total. The predicted molar refractivity (Wildman–Crippen MR) is 73.3 cm³/mol. The second-order valence-corrected chi connectivity index (χ2v) is 5.22. The topological polar surface area (TPSA) is 52.1 Å². The number of nitrogens with zero attached hydrogens (tertiary/aromatic N) is 2. The third-order valence-electron chi connectivity index (χ3n) is 3.08. The molecule has 0 N–H and O–H groups in total. The lowest BCUT2D eigenvalue weighted by atomic mass is 10.1. The Balaban J connectivity index is 2.00. The van der Waals surface area contributed by atoms with Crippen LogP contribution in [0.5, 0.6) is 0 Å². The minimum atomic E-state index is -0.276. The van der Waals surface area contributed by atoms with Crippen molar-refractivity contribution in [2.24, 2.45) is 0 Å². The number of hydrogen-bond acceptors (Lipinski definition) is 5. The number of thiazole rings is 1. The predicted octanol–water partition coefficient (Wildman–Crippen LogP) is 3.26. The van der Waals surface area contributed by atoms with Crippen molar-refractivity contribution in [3.8, 4) is 11.4 Å². The van der Waals surface area contributed by atoms with E-state index < -0.39 is 0 Å². The maximum Gasteiger partial charge on any atom is 0.339 e. The highest BCUT2D eigenvalue weighted by molar-refractivity contribution is 7.07. The van der Waals surface area contributed by atoms with Crippen molar-refractivity contribution < 1.29 is 9.53 Å². The Bertz CT molecular complexity index is 591. The molecule has 0 aliphatic heterocycles. The molecular weight excluding hydrogens is 260 g/mol. The fourth-order valence-corrected chi connectivity index (χ4v) is 2.55. The fraction of sp³-hybridized carbons (Fsp3) is 0.357. The molecule has 2 aromatic rings. The van der Waals surface area contributed by atoms with E-state index in [4.69, 9.17) is 4.74 Å². The van der Waals surface area contributed by atoms with Gasteiger partial charge in [0.1, 0.15) is 0 Å². The standard InChI is InChI=1S/C14H14N2O2S/c1-2-18-14(17)10-5-6-11(12-7-19-8-15-12)16-13(10)9-3-4-9/h5-9H,2-4H2,1H3. The van der Waals surface area contributed by atoms with E-state index in [1.165, 1.54) is 0 Å². The average Bonchev–Trinajstić information content (AvgIpc) is 3.13. The first-order chi connectivity index (χ1) is 9.29. The molecule has 2 aromatic heterocycles. The molecule has 1 fully saturated rings. The van der Waals surface area contributed by atoms with Gasteiger partial charge in [0, 0.05) is 11.3 Å². The van der Waals surface area contributed by atoms with E-state index in [1.54, 1.807) is 16.8 Å². The van der Waals surface area contributed by atoms with Crippen LogP contribution < -0.4 is 0 Å². The SMILES string of the molecule is CCOC(=O)c1ccc(-c2cscn2)nc1C1CC1. The fourth-order valence-electron chi connectivity index (χ4n) is 2.01. The van der Waals surface area contributed by atoms with Gasteiger partial charge in [-0.05, 0) is 31.9 Å². The van der Waals surface area contributed by atoms with Crippen LogP contribution >= 0.6 is 11.3 Å². The Kier molecular flexibility index (Phi) is 3.29. The highest BCUT2D eigenvalue weighted by atomic mass is 32.1. The van der Waals surface area contributed by atoms with Crippen molar-refractivity contribution in [2.75, 3.05) is 6.61 Å². The van der Waals surface area contributed by atoms with Gasteiger partial charge < -0.3 is 4.74 Å². The number of ether oxygens (including phenoxy) is 1. The van der Waals surface area contributed by atoms with Gasteiger partial charge in [-0.25, -0.2) is 14.8 Å². The van der Waals surface area contributed by atoms with E-state index in [9.17, 15) is 4.79 Å². The van der Waals surface area contributed by atoms with Gasteiger partial charge in [-0.15, -0.1) is 11.3 Å². The van der Waals surface area contributed by atoms with Crippen LogP contribution in [0.25, 0.3) is 11.4 Å². The summed E-state index contributed by atoms with van der Waals surface area (Å²) in [6.45, 7) is 2.20. The highest BCUT2D eigenvalue weighted by Gasteiger charge is 2.30. The third kappa shape index (κ3) is 2.51. The molecule has 3 rings (SSSR count). The smallest absolute Gasteiger partial charge is 0.339 e. The molecule has 19 heavy (non-hydrogen) atoms. The van der Waals surface area contributed by atoms with Crippen LogP contribution in [0.3, 0.4) is 0 Å². The van der Waals surface area contributed by atoms with Gasteiger partial charge in [0.2, 0.25) is 0 Å². The summed E-state index contributed by atoms with van der Waals surface area (Å²) in [7, 11) is 0. The Labute approximate surface area is 115 Å². The van der Waals surface area contributed by atoms with Crippen LogP contribution in [0.15, 0.2) is 23.0 Å². The molecule has 0 atom stereocenters. The van der Waals surface area contributed by atoms with Crippen molar-refractivity contribution in [1.82, 2.24) is 9.97 Å². The van der Waals surface area contributed by atoms with Crippen LogP contribution in [0.2, 0.25) is 0 Å². The number of aromatic nitrogens is 2. The maximum atomic E-state index is 11.9. The van der Waals surface area contributed by atoms with E-state index in [-0.39, 0.29) is 5.97 Å². The monoisotopic (exact) mass is 274 g/mol. The second-order valence-electron chi connectivity index (χ2n) is 4.50. The zero-order valence-corrected chi connectivity index (χ0v) is 11.4. The number of esters is 1. The molecule has 2 heterocycles. The molecule has 0 amide bonds. The van der Waals surface area contributed by atoms with Gasteiger partial charge in [0.25, 0.3) is 0 Å². The zero-order chi connectivity index (χ0) is 13.2. The number of carbonyl (C=O) groups is 1. The van der Waals surface area contributed by atoms with Crippen molar-refractivity contribution in [1.29, 1.82) is 0 Å². The van der Waals surface area contributed by atoms with E-state index in [1.807, 2.05) is 24.4 Å². The Hall–Kier alpha value is -1.75. The highest BCUT2D eigenvalue weighted by Crippen LogP contribution is 2.41. The number of carbonyl (C=O) groups excluding carboxylic acids is 1. The lowest BCUT2D eigenvalue weighted by molar-refractivity contribution is 0.0524. The first-order valence-electron chi connectivity index (χ1n) is 6.36. The van der Waals surface area contributed by atoms with E-state index in [0.717, 1.165) is 29.9 Å². The van der Waals surface area contributed by atoms with Crippen LogP contribution in [-0.4, -0.2) is 22.5 Å². The Morgan fingerprint density at radius 3 is 2.89 bits per heavy atom. The summed E-state index contributed by atoms with van der Waals surface area (Å²) in [6.07, 6.45) is 2.19. The molecule has 0 aromatic carbocycles. The van der Waals surface area contributed by atoms with Gasteiger partial charge in [-0.1, -0.05) is 0 Å². The number of pyridine rings is 1. The van der Waals surface area contributed by atoms with Crippen LogP contribution in [0.4, 0.5) is 0 Å². The van der Waals surface area contributed by atoms with Crippen LogP contribution in [0.1, 0.15) is 41.7 Å². The van der Waals surface area contributed by atoms with Crippen LogP contribution in [-0.2, 0) is 4.74 Å². The Morgan fingerprint density at radius 1 is 1.42 bits per heavy atom. The minimum Gasteiger partial charge on any atom is -0.462 e. The van der Waals surface area contributed by atoms with E-state index in [0.29, 0.717) is 18.1 Å². The molecule has 0 unspecified atom stereocenters. The van der Waals surface area contributed by atoms with Crippen molar-refractivity contribution in [3.05, 3.63) is 34.3 Å². The average molecular weight is 274 g/mol. The molecule has 1 aliphatic carbocycles. The van der Waals surface area contributed by atoms with Gasteiger partial charge in [0.15, 0.2) is 0 Å². The molecule has 0 bridgehead atoms. The van der Waals surface area contributed by atoms with Crippen LogP contribution in [0, 0.1) is 0 Å². The summed E-state index contributed by atoms with van der Waals surface area (Å²) in [5.41, 5.74) is 4.94. The molecule has 0 spiro atoms. The lowest BCUT2D eigenvalue weighted by Crippen LogP contribution is -2.09. The van der Waals surface area contributed by atoms with E-state index in [2.05, 4.69) is 9.97 Å². The second kappa shape index (κ2) is 5.09. The molecule has 98 valence electrons. The number of rotatable bonds is 4. The Morgan fingerprint density at radius 2 is 2.26 bits per heavy atom. The van der Waals surface area contributed by atoms with Gasteiger partial charge in [-0.3, -0.25) is 0 Å². The molecule has 1 saturated carbocycles. The molecular formula is C14H14N2O2S. The first kappa shape index (κ1) is 12.3.